The summed E-state index contributed by atoms with van der Waals surface area (Å²) >= 11 is 1.93. The highest BCUT2D eigenvalue weighted by molar-refractivity contribution is 7.99. The highest BCUT2D eigenvalue weighted by Gasteiger charge is 2.33. The highest BCUT2D eigenvalue weighted by Crippen LogP contribution is 2.32. The van der Waals surface area contributed by atoms with Crippen LogP contribution in [0.4, 0.5) is 0 Å². The molecule has 3 rings (SSSR count). The first-order chi connectivity index (χ1) is 9.29. The first-order valence-electron chi connectivity index (χ1n) is 6.41. The molecule has 1 saturated heterocycles. The van der Waals surface area contributed by atoms with E-state index in [1.807, 2.05) is 23.4 Å². The summed E-state index contributed by atoms with van der Waals surface area (Å²) in [4.78, 5) is 8.61. The van der Waals surface area contributed by atoms with Gasteiger partial charge in [-0.2, -0.15) is 16.7 Å². The quantitative estimate of drug-likeness (QED) is 0.909. The number of nitrogens with one attached hydrogen (secondary N) is 1. The second-order valence-corrected chi connectivity index (χ2v) is 5.73. The summed E-state index contributed by atoms with van der Waals surface area (Å²) in [6.45, 7) is 3.08. The molecule has 0 bridgehead atoms. The van der Waals surface area contributed by atoms with Crippen molar-refractivity contribution in [3.8, 4) is 11.5 Å². The predicted octanol–water partition coefficient (Wildman–Crippen LogP) is 1.28. The van der Waals surface area contributed by atoms with Crippen LogP contribution in [0.3, 0.4) is 0 Å². The van der Waals surface area contributed by atoms with Crippen LogP contribution in [0.2, 0.25) is 0 Å². The van der Waals surface area contributed by atoms with Gasteiger partial charge < -0.3 is 14.4 Å². The molecule has 7 heteroatoms. The van der Waals surface area contributed by atoms with Crippen molar-refractivity contribution >= 4 is 11.8 Å². The zero-order chi connectivity index (χ0) is 13.2. The van der Waals surface area contributed by atoms with Crippen LogP contribution in [0.15, 0.2) is 17.0 Å². The smallest absolute Gasteiger partial charge is 0.232 e. The van der Waals surface area contributed by atoms with Crippen LogP contribution in [0.1, 0.15) is 18.7 Å². The molecule has 1 N–H and O–H groups in total. The Morgan fingerprint density at radius 1 is 1.53 bits per heavy atom. The van der Waals surface area contributed by atoms with Crippen molar-refractivity contribution in [3.05, 3.63) is 18.4 Å². The molecular weight excluding hydrogens is 262 g/mol. The Morgan fingerprint density at radius 2 is 2.42 bits per heavy atom. The molecule has 6 nitrogen and oxygen atoms in total. The Hall–Kier alpha value is -1.34. The molecule has 0 amide bonds. The number of hydrogen-bond donors (Lipinski definition) is 1. The largest absolute Gasteiger partial charge is 0.339 e. The summed E-state index contributed by atoms with van der Waals surface area (Å²) in [7, 11) is 1.92. The minimum Gasteiger partial charge on any atom is -0.339 e. The van der Waals surface area contributed by atoms with Crippen LogP contribution in [0.25, 0.3) is 11.5 Å². The fourth-order valence-corrected chi connectivity index (χ4v) is 3.69. The fourth-order valence-electron chi connectivity index (χ4n) is 2.32. The molecule has 0 aromatic carbocycles. The van der Waals surface area contributed by atoms with Gasteiger partial charge in [-0.25, -0.2) is 4.98 Å². The minimum atomic E-state index is 0.305. The zero-order valence-corrected chi connectivity index (χ0v) is 11.9. The summed E-state index contributed by atoms with van der Waals surface area (Å²) in [5, 5.41) is 7.56. The third-order valence-electron chi connectivity index (χ3n) is 3.35. The van der Waals surface area contributed by atoms with Gasteiger partial charge in [-0.1, -0.05) is 12.1 Å². The molecule has 0 radical (unpaired) electrons. The summed E-state index contributed by atoms with van der Waals surface area (Å²) in [5.74, 6) is 3.78. The normalized spacial score (nSPS) is 23.1. The van der Waals surface area contributed by atoms with Crippen LogP contribution in [-0.4, -0.2) is 43.8 Å². The molecule has 2 aromatic heterocycles. The van der Waals surface area contributed by atoms with E-state index < -0.39 is 0 Å². The Labute approximate surface area is 116 Å². The van der Waals surface area contributed by atoms with Crippen molar-refractivity contribution in [2.45, 2.75) is 18.9 Å². The van der Waals surface area contributed by atoms with Gasteiger partial charge in [0.05, 0.1) is 18.4 Å². The van der Waals surface area contributed by atoms with E-state index in [0.717, 1.165) is 29.6 Å². The van der Waals surface area contributed by atoms with Gasteiger partial charge in [-0.05, 0) is 6.54 Å². The molecule has 3 heterocycles. The van der Waals surface area contributed by atoms with Crippen molar-refractivity contribution in [1.82, 2.24) is 25.0 Å². The van der Waals surface area contributed by atoms with E-state index in [1.54, 1.807) is 12.5 Å². The lowest BCUT2D eigenvalue weighted by Crippen LogP contribution is -2.34. The van der Waals surface area contributed by atoms with E-state index in [2.05, 4.69) is 27.4 Å². The lowest BCUT2D eigenvalue weighted by Gasteiger charge is -2.15. The summed E-state index contributed by atoms with van der Waals surface area (Å²) in [5.41, 5.74) is 0.876. The first-order valence-corrected chi connectivity index (χ1v) is 7.56. The number of rotatable bonds is 4. The predicted molar refractivity (Wildman–Crippen MR) is 74.0 cm³/mol. The number of imidazole rings is 1. The zero-order valence-electron chi connectivity index (χ0n) is 11.0. The number of nitrogens with zero attached hydrogens (tertiary/aromatic N) is 4. The molecule has 2 atom stereocenters. The van der Waals surface area contributed by atoms with Crippen LogP contribution in [0.5, 0.6) is 0 Å². The molecular formula is C12H17N5OS. The third-order valence-corrected chi connectivity index (χ3v) is 4.54. The number of thioether (sulfide) groups is 1. The topological polar surface area (TPSA) is 68.8 Å². The SMILES string of the molecule is CCNC1CSCC1c1nc(-c2cncn2C)no1. The van der Waals surface area contributed by atoms with Crippen LogP contribution in [-0.2, 0) is 7.05 Å². The maximum absolute atomic E-state index is 5.45. The van der Waals surface area contributed by atoms with Gasteiger partial charge >= 0.3 is 0 Å². The molecule has 102 valence electrons. The van der Waals surface area contributed by atoms with Gasteiger partial charge in [-0.15, -0.1) is 0 Å². The van der Waals surface area contributed by atoms with Crippen molar-refractivity contribution in [1.29, 1.82) is 0 Å². The summed E-state index contributed by atoms with van der Waals surface area (Å²) in [6.07, 6.45) is 3.48. The molecule has 19 heavy (non-hydrogen) atoms. The fraction of sp³-hybridized carbons (Fsp3) is 0.583. The maximum atomic E-state index is 5.45. The van der Waals surface area contributed by atoms with Gasteiger partial charge in [0.15, 0.2) is 0 Å². The average Bonchev–Trinajstić information content (AvgIpc) is 3.08. The number of aryl methyl sites for hydroxylation is 1. The van der Waals surface area contributed by atoms with Crippen LogP contribution < -0.4 is 5.32 Å². The molecule has 0 saturated carbocycles. The second-order valence-electron chi connectivity index (χ2n) is 4.65. The van der Waals surface area contributed by atoms with E-state index in [9.17, 15) is 0 Å². The van der Waals surface area contributed by atoms with Gasteiger partial charge in [0.25, 0.3) is 0 Å². The molecule has 0 aliphatic carbocycles. The number of hydrogen-bond acceptors (Lipinski definition) is 6. The Bertz CT molecular complexity index is 552. The summed E-state index contributed by atoms with van der Waals surface area (Å²) < 4.78 is 7.34. The van der Waals surface area contributed by atoms with Gasteiger partial charge in [-0.3, -0.25) is 0 Å². The van der Waals surface area contributed by atoms with Crippen LogP contribution in [0, 0.1) is 0 Å². The van der Waals surface area contributed by atoms with Gasteiger partial charge in [0.1, 0.15) is 5.69 Å². The van der Waals surface area contributed by atoms with E-state index in [-0.39, 0.29) is 0 Å². The van der Waals surface area contributed by atoms with Gasteiger partial charge in [0, 0.05) is 24.6 Å². The number of likely N-dealkylation sites (N-methyl/N-ethyl adjacent to an activating group) is 1. The molecule has 1 fully saturated rings. The molecule has 0 spiro atoms. The average molecular weight is 279 g/mol. The maximum Gasteiger partial charge on any atom is 0.232 e. The molecule has 1 aliphatic rings. The lowest BCUT2D eigenvalue weighted by atomic mass is 10.0. The van der Waals surface area contributed by atoms with E-state index in [0.29, 0.717) is 17.8 Å². The standard InChI is InChI=1S/C12H17N5OS/c1-3-14-9-6-19-5-8(9)12-15-11(16-18-12)10-4-13-7-17(10)2/h4,7-9,14H,3,5-6H2,1-2H3. The lowest BCUT2D eigenvalue weighted by molar-refractivity contribution is 0.340. The van der Waals surface area contributed by atoms with Crippen molar-refractivity contribution in [2.24, 2.45) is 7.05 Å². The Kier molecular flexibility index (Phi) is 3.56. The van der Waals surface area contributed by atoms with E-state index in [4.69, 9.17) is 4.52 Å². The molecule has 1 aliphatic heterocycles. The van der Waals surface area contributed by atoms with Crippen molar-refractivity contribution in [3.63, 3.8) is 0 Å². The first kappa shape index (κ1) is 12.7. The molecule has 2 aromatic rings. The monoisotopic (exact) mass is 279 g/mol. The van der Waals surface area contributed by atoms with Gasteiger partial charge in [0.2, 0.25) is 11.7 Å². The Balaban J connectivity index is 1.83. The number of aromatic nitrogens is 4. The van der Waals surface area contributed by atoms with E-state index >= 15 is 0 Å². The third kappa shape index (κ3) is 2.40. The highest BCUT2D eigenvalue weighted by atomic mass is 32.2. The second kappa shape index (κ2) is 5.34. The van der Waals surface area contributed by atoms with E-state index in [1.165, 1.54) is 0 Å². The van der Waals surface area contributed by atoms with Crippen LogP contribution >= 0.6 is 11.8 Å². The molecule has 2 unspecified atom stereocenters. The Morgan fingerprint density at radius 3 is 3.16 bits per heavy atom. The minimum absolute atomic E-state index is 0.305. The summed E-state index contributed by atoms with van der Waals surface area (Å²) in [6, 6.07) is 0.426. The van der Waals surface area contributed by atoms with Crippen molar-refractivity contribution in [2.75, 3.05) is 18.1 Å². The van der Waals surface area contributed by atoms with Crippen molar-refractivity contribution < 1.29 is 4.52 Å².